The van der Waals surface area contributed by atoms with Crippen molar-refractivity contribution in [1.29, 1.82) is 0 Å². The van der Waals surface area contributed by atoms with Crippen LogP contribution >= 0.6 is 0 Å². The minimum atomic E-state index is -0.228. The van der Waals surface area contributed by atoms with E-state index in [1.807, 2.05) is 0 Å². The molecule has 0 aliphatic rings. The predicted molar refractivity (Wildman–Crippen MR) is 116 cm³/mol. The van der Waals surface area contributed by atoms with Crippen molar-refractivity contribution in [2.24, 2.45) is 23.5 Å². The number of hydrogen-bond donors (Lipinski definition) is 1. The van der Waals surface area contributed by atoms with Crippen LogP contribution in [0, 0.1) is 17.8 Å². The van der Waals surface area contributed by atoms with Gasteiger partial charge < -0.3 is 5.73 Å². The van der Waals surface area contributed by atoms with Crippen LogP contribution in [0.4, 0.5) is 0 Å². The van der Waals surface area contributed by atoms with E-state index in [1.165, 1.54) is 44.9 Å². The molecule has 0 aliphatic heterocycles. The Balaban J connectivity index is -0.000000304. The third-order valence-corrected chi connectivity index (χ3v) is 4.09. The Bertz CT molecular complexity index is 247. The molecule has 0 aliphatic carbocycles. The van der Waals surface area contributed by atoms with E-state index in [0.717, 1.165) is 24.7 Å². The van der Waals surface area contributed by atoms with Gasteiger partial charge in [-0.25, -0.2) is 0 Å². The van der Waals surface area contributed by atoms with Crippen LogP contribution in [-0.2, 0) is 4.79 Å². The second-order valence-corrected chi connectivity index (χ2v) is 8.61. The lowest BCUT2D eigenvalue weighted by molar-refractivity contribution is -0.118. The first-order valence-corrected chi connectivity index (χ1v) is 10.8. The Labute approximate surface area is 160 Å². The highest BCUT2D eigenvalue weighted by Gasteiger charge is 2.07. The molecule has 0 bridgehead atoms. The summed E-state index contributed by atoms with van der Waals surface area (Å²) in [5.41, 5.74) is 5.55. The van der Waals surface area contributed by atoms with Crippen LogP contribution in [0.2, 0.25) is 0 Å². The second kappa shape index (κ2) is 21.7. The fraction of sp³-hybridized carbons (Fsp3) is 0.957. The van der Waals surface area contributed by atoms with E-state index in [4.69, 9.17) is 5.73 Å². The topological polar surface area (TPSA) is 43.1 Å². The van der Waals surface area contributed by atoms with Gasteiger partial charge in [0, 0.05) is 0 Å². The van der Waals surface area contributed by atoms with Gasteiger partial charge in [-0.3, -0.25) is 4.79 Å². The molecule has 0 heterocycles. The summed E-state index contributed by atoms with van der Waals surface area (Å²) in [5.74, 6) is 2.63. The fourth-order valence-electron chi connectivity index (χ4n) is 2.17. The highest BCUT2D eigenvalue weighted by atomic mass is 16.1. The van der Waals surface area contributed by atoms with E-state index in [1.54, 1.807) is 6.92 Å². The SMILES string of the molecule is CC(=O)C(N)CCCC(C)C.CCCCC(C)C.CCCCC(C)C. The van der Waals surface area contributed by atoms with E-state index < -0.39 is 0 Å². The lowest BCUT2D eigenvalue weighted by Gasteiger charge is -2.08. The van der Waals surface area contributed by atoms with Gasteiger partial charge in [-0.2, -0.15) is 0 Å². The van der Waals surface area contributed by atoms with Crippen molar-refractivity contribution < 1.29 is 4.79 Å². The summed E-state index contributed by atoms with van der Waals surface area (Å²) in [6, 6.07) is -0.228. The van der Waals surface area contributed by atoms with Crippen molar-refractivity contribution in [2.75, 3.05) is 0 Å². The van der Waals surface area contributed by atoms with Crippen molar-refractivity contribution in [3.8, 4) is 0 Å². The van der Waals surface area contributed by atoms with E-state index in [2.05, 4.69) is 55.4 Å². The van der Waals surface area contributed by atoms with Crippen molar-refractivity contribution in [3.05, 3.63) is 0 Å². The molecule has 0 aromatic carbocycles. The smallest absolute Gasteiger partial charge is 0.146 e. The van der Waals surface area contributed by atoms with Gasteiger partial charge in [-0.1, -0.05) is 107 Å². The van der Waals surface area contributed by atoms with Gasteiger partial charge in [0.1, 0.15) is 5.78 Å². The Morgan fingerprint density at radius 2 is 1.00 bits per heavy atom. The standard InChI is InChI=1S/C9H19NO.2C7H16/c1-7(2)5-4-6-9(10)8(3)11;2*1-4-5-6-7(2)3/h7,9H,4-6,10H2,1-3H3;2*7H,4-6H2,1-3H3. The molecule has 0 amide bonds. The zero-order valence-electron chi connectivity index (χ0n) is 19.2. The third-order valence-electron chi connectivity index (χ3n) is 4.09. The average molecular weight is 358 g/mol. The molecule has 2 N–H and O–H groups in total. The largest absolute Gasteiger partial charge is 0.322 e. The van der Waals surface area contributed by atoms with Gasteiger partial charge in [-0.05, 0) is 31.1 Å². The number of unbranched alkanes of at least 4 members (excludes halogenated alkanes) is 2. The number of carbonyl (C=O) groups is 1. The van der Waals surface area contributed by atoms with Crippen molar-refractivity contribution in [1.82, 2.24) is 0 Å². The van der Waals surface area contributed by atoms with Gasteiger partial charge in [0.2, 0.25) is 0 Å². The lowest BCUT2D eigenvalue weighted by Crippen LogP contribution is -2.27. The molecule has 0 rings (SSSR count). The fourth-order valence-corrected chi connectivity index (χ4v) is 2.17. The van der Waals surface area contributed by atoms with Crippen LogP contribution in [0.15, 0.2) is 0 Å². The maximum atomic E-state index is 10.7. The molecule has 0 aromatic rings. The average Bonchev–Trinajstić information content (AvgIpc) is 2.51. The third kappa shape index (κ3) is 35.6. The van der Waals surface area contributed by atoms with Gasteiger partial charge >= 0.3 is 0 Å². The molecule has 2 heteroatoms. The van der Waals surface area contributed by atoms with Gasteiger partial charge in [0.15, 0.2) is 0 Å². The summed E-state index contributed by atoms with van der Waals surface area (Å²) in [6.07, 6.45) is 11.4. The molecule has 0 fully saturated rings. The first-order valence-electron chi connectivity index (χ1n) is 10.8. The molecule has 0 saturated heterocycles. The zero-order chi connectivity index (χ0) is 20.3. The second-order valence-electron chi connectivity index (χ2n) is 8.61. The minimum Gasteiger partial charge on any atom is -0.322 e. The molecule has 0 radical (unpaired) electrons. The first kappa shape index (κ1) is 29.4. The van der Waals surface area contributed by atoms with Crippen molar-refractivity contribution in [3.63, 3.8) is 0 Å². The van der Waals surface area contributed by atoms with E-state index in [-0.39, 0.29) is 11.8 Å². The highest BCUT2D eigenvalue weighted by Crippen LogP contribution is 2.07. The molecular weight excluding hydrogens is 306 g/mol. The number of carbonyl (C=O) groups excluding carboxylic acids is 1. The summed E-state index contributed by atoms with van der Waals surface area (Å²) < 4.78 is 0. The predicted octanol–water partition coefficient (Wildman–Crippen LogP) is 7.39. The minimum absolute atomic E-state index is 0.105. The van der Waals surface area contributed by atoms with Crippen LogP contribution in [0.3, 0.4) is 0 Å². The van der Waals surface area contributed by atoms with Crippen LogP contribution in [-0.4, -0.2) is 11.8 Å². The molecule has 0 saturated carbocycles. The van der Waals surface area contributed by atoms with Crippen LogP contribution < -0.4 is 5.73 Å². The van der Waals surface area contributed by atoms with Gasteiger partial charge in [0.05, 0.1) is 6.04 Å². The molecule has 0 aromatic heterocycles. The van der Waals surface area contributed by atoms with Crippen LogP contribution in [0.5, 0.6) is 0 Å². The zero-order valence-corrected chi connectivity index (χ0v) is 19.2. The molecule has 25 heavy (non-hydrogen) atoms. The highest BCUT2D eigenvalue weighted by molar-refractivity contribution is 5.80. The molecule has 154 valence electrons. The Hall–Kier alpha value is -0.370. The van der Waals surface area contributed by atoms with E-state index in [0.29, 0.717) is 5.92 Å². The number of rotatable bonds is 11. The van der Waals surface area contributed by atoms with Gasteiger partial charge in [-0.15, -0.1) is 0 Å². The first-order chi connectivity index (χ1) is 11.6. The number of ketones is 1. The van der Waals surface area contributed by atoms with Gasteiger partial charge in [0.25, 0.3) is 0 Å². The molecule has 1 atom stereocenters. The quantitative estimate of drug-likeness (QED) is 0.418. The molecule has 1 unspecified atom stereocenters. The van der Waals surface area contributed by atoms with E-state index >= 15 is 0 Å². The number of hydrogen-bond acceptors (Lipinski definition) is 2. The summed E-state index contributed by atoms with van der Waals surface area (Å²) in [7, 11) is 0. The Kier molecular flexibility index (Phi) is 25.5. The Morgan fingerprint density at radius 1 is 0.680 bits per heavy atom. The van der Waals surface area contributed by atoms with Crippen molar-refractivity contribution in [2.45, 2.75) is 126 Å². The summed E-state index contributed by atoms with van der Waals surface area (Å²) in [5, 5.41) is 0. The van der Waals surface area contributed by atoms with E-state index in [9.17, 15) is 4.79 Å². The monoisotopic (exact) mass is 357 g/mol. The molecule has 2 nitrogen and oxygen atoms in total. The molecular formula is C23H51NO. The molecule has 0 spiro atoms. The summed E-state index contributed by atoms with van der Waals surface area (Å²) in [6.45, 7) is 19.5. The Morgan fingerprint density at radius 3 is 1.20 bits per heavy atom. The van der Waals surface area contributed by atoms with Crippen LogP contribution in [0.25, 0.3) is 0 Å². The van der Waals surface area contributed by atoms with Crippen molar-refractivity contribution >= 4 is 5.78 Å². The number of Topliss-reactive ketones (excluding diaryl/α,β-unsaturated/α-hetero) is 1. The lowest BCUT2D eigenvalue weighted by atomic mass is 10.0. The maximum absolute atomic E-state index is 10.7. The summed E-state index contributed by atoms with van der Waals surface area (Å²) in [4.78, 5) is 10.7. The summed E-state index contributed by atoms with van der Waals surface area (Å²) >= 11 is 0. The maximum Gasteiger partial charge on any atom is 0.146 e. The normalized spacial score (nSPS) is 11.7. The van der Waals surface area contributed by atoms with Crippen LogP contribution in [0.1, 0.15) is 120 Å². The number of nitrogens with two attached hydrogens (primary N) is 1.